The van der Waals surface area contributed by atoms with Gasteiger partial charge >= 0.3 is 0 Å². The molecule has 1 amide bonds. The molecule has 0 atom stereocenters. The largest absolute Gasteiger partial charge is 0.386 e. The second-order valence-electron chi connectivity index (χ2n) is 4.61. The van der Waals surface area contributed by atoms with Crippen LogP contribution >= 0.6 is 11.6 Å². The molecule has 102 valence electrons. The number of carbonyl (C=O) groups is 1. The molecule has 0 aliphatic heterocycles. The van der Waals surface area contributed by atoms with E-state index in [-0.39, 0.29) is 12.5 Å². The third kappa shape index (κ3) is 4.91. The summed E-state index contributed by atoms with van der Waals surface area (Å²) in [6.45, 7) is -0.0411. The summed E-state index contributed by atoms with van der Waals surface area (Å²) in [4.78, 5) is 16.5. The van der Waals surface area contributed by atoms with Gasteiger partial charge in [0.05, 0.1) is 6.21 Å². The van der Waals surface area contributed by atoms with Crippen molar-refractivity contribution >= 4 is 23.7 Å². The van der Waals surface area contributed by atoms with Gasteiger partial charge in [0.1, 0.15) is 0 Å². The van der Waals surface area contributed by atoms with Gasteiger partial charge in [0.2, 0.25) is 0 Å². The smallest absolute Gasteiger partial charge is 0.260 e. The molecule has 19 heavy (non-hydrogen) atoms. The van der Waals surface area contributed by atoms with Gasteiger partial charge < -0.3 is 10.2 Å². The van der Waals surface area contributed by atoms with Crippen molar-refractivity contribution in [3.63, 3.8) is 0 Å². The Morgan fingerprint density at radius 2 is 2.05 bits per heavy atom. The molecule has 1 aliphatic carbocycles. The van der Waals surface area contributed by atoms with Gasteiger partial charge in [0.25, 0.3) is 5.91 Å². The molecule has 0 bridgehead atoms. The van der Waals surface area contributed by atoms with E-state index in [1.54, 1.807) is 18.3 Å². The van der Waals surface area contributed by atoms with Crippen LogP contribution in [0.25, 0.3) is 0 Å². The molecule has 0 unspecified atom stereocenters. The van der Waals surface area contributed by atoms with Crippen LogP contribution in [0.3, 0.4) is 0 Å². The number of oxime groups is 1. The number of benzene rings is 1. The first-order chi connectivity index (χ1) is 9.24. The molecular weight excluding hydrogens is 264 g/mol. The Kier molecular flexibility index (Phi) is 5.21. The second-order valence-corrected chi connectivity index (χ2v) is 5.04. The minimum Gasteiger partial charge on any atom is -0.386 e. The molecule has 1 aromatic rings. The minimum absolute atomic E-state index is 0.0411. The average Bonchev–Trinajstić information content (AvgIpc) is 2.89. The Labute approximate surface area is 117 Å². The highest BCUT2D eigenvalue weighted by Gasteiger charge is 2.16. The molecule has 1 fully saturated rings. The highest BCUT2D eigenvalue weighted by atomic mass is 35.5. The Balaban J connectivity index is 1.67. The van der Waals surface area contributed by atoms with Crippen LogP contribution in [0.4, 0.5) is 0 Å². The zero-order valence-corrected chi connectivity index (χ0v) is 11.4. The Bertz CT molecular complexity index is 439. The predicted molar refractivity (Wildman–Crippen MR) is 75.4 cm³/mol. The standard InChI is InChI=1S/C14H17ClN2O2/c15-12-7-5-11(6-8-12)9-16-19-10-14(18)17-13-3-1-2-4-13/h5-9,13H,1-4,10H2,(H,17,18)/b16-9+. The van der Waals surface area contributed by atoms with Crippen molar-refractivity contribution in [2.45, 2.75) is 31.7 Å². The molecule has 2 rings (SSSR count). The maximum absolute atomic E-state index is 11.5. The molecule has 1 aromatic carbocycles. The van der Waals surface area contributed by atoms with E-state index in [4.69, 9.17) is 16.4 Å². The van der Waals surface area contributed by atoms with Crippen molar-refractivity contribution in [2.24, 2.45) is 5.16 Å². The second kappa shape index (κ2) is 7.14. The van der Waals surface area contributed by atoms with Crippen LogP contribution in [0.2, 0.25) is 5.02 Å². The van der Waals surface area contributed by atoms with Gasteiger partial charge in [-0.2, -0.15) is 0 Å². The number of hydrogen-bond donors (Lipinski definition) is 1. The highest BCUT2D eigenvalue weighted by molar-refractivity contribution is 6.30. The van der Waals surface area contributed by atoms with Gasteiger partial charge in [-0.25, -0.2) is 0 Å². The van der Waals surface area contributed by atoms with Gasteiger partial charge in [-0.1, -0.05) is 41.7 Å². The van der Waals surface area contributed by atoms with E-state index in [0.29, 0.717) is 11.1 Å². The van der Waals surface area contributed by atoms with Gasteiger partial charge in [-0.05, 0) is 30.5 Å². The summed E-state index contributed by atoms with van der Waals surface area (Å²) in [7, 11) is 0. The lowest BCUT2D eigenvalue weighted by Crippen LogP contribution is -2.34. The van der Waals surface area contributed by atoms with Crippen LogP contribution in [-0.2, 0) is 9.63 Å². The molecule has 0 saturated heterocycles. The molecule has 5 heteroatoms. The van der Waals surface area contributed by atoms with Gasteiger partial charge in [-0.15, -0.1) is 0 Å². The summed E-state index contributed by atoms with van der Waals surface area (Å²) in [6.07, 6.45) is 6.08. The number of amides is 1. The fourth-order valence-corrected chi connectivity index (χ4v) is 2.21. The van der Waals surface area contributed by atoms with Gasteiger partial charge in [0, 0.05) is 11.1 Å². The fourth-order valence-electron chi connectivity index (χ4n) is 2.08. The molecule has 1 saturated carbocycles. The maximum atomic E-state index is 11.5. The Morgan fingerprint density at radius 3 is 2.74 bits per heavy atom. The third-order valence-electron chi connectivity index (χ3n) is 3.06. The zero-order valence-electron chi connectivity index (χ0n) is 10.6. The number of nitrogens with one attached hydrogen (secondary N) is 1. The van der Waals surface area contributed by atoms with E-state index in [1.165, 1.54) is 12.8 Å². The molecule has 0 spiro atoms. The van der Waals surface area contributed by atoms with E-state index >= 15 is 0 Å². The summed E-state index contributed by atoms with van der Waals surface area (Å²) in [5.74, 6) is -0.111. The topological polar surface area (TPSA) is 50.7 Å². The van der Waals surface area contributed by atoms with Crippen molar-refractivity contribution < 1.29 is 9.63 Å². The molecule has 1 aliphatic rings. The first kappa shape index (κ1) is 13.9. The minimum atomic E-state index is -0.111. The molecule has 0 radical (unpaired) electrons. The van der Waals surface area contributed by atoms with Gasteiger partial charge in [-0.3, -0.25) is 4.79 Å². The predicted octanol–water partition coefficient (Wildman–Crippen LogP) is 2.75. The quantitative estimate of drug-likeness (QED) is 0.666. The molecule has 0 heterocycles. The highest BCUT2D eigenvalue weighted by Crippen LogP contribution is 2.17. The van der Waals surface area contributed by atoms with Crippen LogP contribution in [0.15, 0.2) is 29.4 Å². The van der Waals surface area contributed by atoms with Crippen molar-refractivity contribution in [1.82, 2.24) is 5.32 Å². The van der Waals surface area contributed by atoms with Crippen molar-refractivity contribution in [2.75, 3.05) is 6.61 Å². The Hall–Kier alpha value is -1.55. The summed E-state index contributed by atoms with van der Waals surface area (Å²) >= 11 is 5.77. The van der Waals surface area contributed by atoms with Crippen LogP contribution in [-0.4, -0.2) is 24.8 Å². The molecular formula is C14H17ClN2O2. The number of rotatable bonds is 5. The first-order valence-electron chi connectivity index (χ1n) is 6.44. The van der Waals surface area contributed by atoms with Gasteiger partial charge in [0.15, 0.2) is 6.61 Å². The van der Waals surface area contributed by atoms with Crippen LogP contribution in [0.5, 0.6) is 0 Å². The van der Waals surface area contributed by atoms with E-state index in [1.807, 2.05) is 12.1 Å². The molecule has 1 N–H and O–H groups in total. The monoisotopic (exact) mass is 280 g/mol. The number of carbonyl (C=O) groups excluding carboxylic acids is 1. The summed E-state index contributed by atoms with van der Waals surface area (Å²) in [5.41, 5.74) is 0.876. The van der Waals surface area contributed by atoms with Crippen molar-refractivity contribution in [3.05, 3.63) is 34.9 Å². The van der Waals surface area contributed by atoms with Crippen LogP contribution in [0.1, 0.15) is 31.2 Å². The lowest BCUT2D eigenvalue weighted by atomic mass is 10.2. The maximum Gasteiger partial charge on any atom is 0.260 e. The summed E-state index contributed by atoms with van der Waals surface area (Å²) in [5, 5.41) is 7.36. The average molecular weight is 281 g/mol. The zero-order chi connectivity index (χ0) is 13.5. The lowest BCUT2D eigenvalue weighted by molar-refractivity contribution is -0.126. The first-order valence-corrected chi connectivity index (χ1v) is 6.82. The summed E-state index contributed by atoms with van der Waals surface area (Å²) < 4.78 is 0. The number of nitrogens with zero attached hydrogens (tertiary/aromatic N) is 1. The molecule has 4 nitrogen and oxygen atoms in total. The summed E-state index contributed by atoms with van der Waals surface area (Å²) in [6, 6.07) is 7.52. The number of hydrogen-bond acceptors (Lipinski definition) is 3. The molecule has 0 aromatic heterocycles. The fraction of sp³-hybridized carbons (Fsp3) is 0.429. The van der Waals surface area contributed by atoms with E-state index in [9.17, 15) is 4.79 Å². The van der Waals surface area contributed by atoms with Crippen molar-refractivity contribution in [3.8, 4) is 0 Å². The van der Waals surface area contributed by atoms with E-state index in [2.05, 4.69) is 10.5 Å². The third-order valence-corrected chi connectivity index (χ3v) is 3.31. The lowest BCUT2D eigenvalue weighted by Gasteiger charge is -2.10. The van der Waals surface area contributed by atoms with E-state index < -0.39 is 0 Å². The van der Waals surface area contributed by atoms with Crippen molar-refractivity contribution in [1.29, 1.82) is 0 Å². The SMILES string of the molecule is O=C(CO/N=C/c1ccc(Cl)cc1)NC1CCCC1. The Morgan fingerprint density at radius 1 is 1.37 bits per heavy atom. The van der Waals surface area contributed by atoms with Crippen LogP contribution in [0, 0.1) is 0 Å². The van der Waals surface area contributed by atoms with E-state index in [0.717, 1.165) is 18.4 Å². The number of halogens is 1. The van der Waals surface area contributed by atoms with Crippen LogP contribution < -0.4 is 5.32 Å². The normalized spacial score (nSPS) is 15.8.